The molecule has 2 aromatic carbocycles. The maximum Gasteiger partial charge on any atom is 0.243 e. The Morgan fingerprint density at radius 2 is 1.82 bits per heavy atom. The number of ether oxygens (including phenoxy) is 1. The third-order valence-corrected chi connectivity index (χ3v) is 6.07. The highest BCUT2D eigenvalue weighted by atomic mass is 35.5. The molecule has 2 rings (SSSR count). The quantitative estimate of drug-likeness (QED) is 0.667. The molecule has 0 aliphatic carbocycles. The van der Waals surface area contributed by atoms with Crippen LogP contribution in [0.1, 0.15) is 12.5 Å². The molecule has 152 valence electrons. The minimum Gasteiger partial charge on any atom is -0.495 e. The van der Waals surface area contributed by atoms with Crippen molar-refractivity contribution in [3.63, 3.8) is 0 Å². The molecule has 1 N–H and O–H groups in total. The first-order chi connectivity index (χ1) is 13.0. The van der Waals surface area contributed by atoms with Crippen molar-refractivity contribution >= 4 is 56.4 Å². The molecule has 0 aliphatic rings. The Hall–Kier alpha value is -1.67. The number of nitrogens with zero attached hydrogens (tertiary/aromatic N) is 1. The predicted octanol–water partition coefficient (Wildman–Crippen LogP) is 4.13. The number of carbonyl (C=O) groups is 1. The molecule has 0 bridgehead atoms. The lowest BCUT2D eigenvalue weighted by Gasteiger charge is -2.28. The summed E-state index contributed by atoms with van der Waals surface area (Å²) in [6.45, 7) is 1.61. The standard InChI is InChI=1S/C18H19Cl3N2O4S/c1-11(18(24)22-10-12-4-5-13(19)8-15(12)20)23(28(3,25)26)14-6-7-17(27-2)16(21)9-14/h4-9,11H,10H2,1-3H3,(H,22,24)/t11-/m1/s1. The van der Waals surface area contributed by atoms with Gasteiger partial charge in [-0.3, -0.25) is 9.10 Å². The molecular formula is C18H19Cl3N2O4S. The summed E-state index contributed by atoms with van der Waals surface area (Å²) in [4.78, 5) is 12.6. The van der Waals surface area contributed by atoms with Crippen LogP contribution in [0.3, 0.4) is 0 Å². The van der Waals surface area contributed by atoms with Crippen LogP contribution in [0.4, 0.5) is 5.69 Å². The molecule has 0 heterocycles. The second-order valence-corrected chi connectivity index (χ2v) is 9.12. The van der Waals surface area contributed by atoms with Crippen molar-refractivity contribution in [1.82, 2.24) is 5.32 Å². The van der Waals surface area contributed by atoms with Crippen molar-refractivity contribution in [2.24, 2.45) is 0 Å². The number of anilines is 1. The van der Waals surface area contributed by atoms with Crippen LogP contribution in [0.5, 0.6) is 5.75 Å². The van der Waals surface area contributed by atoms with Gasteiger partial charge in [-0.05, 0) is 42.8 Å². The van der Waals surface area contributed by atoms with Crippen molar-refractivity contribution in [1.29, 1.82) is 0 Å². The van der Waals surface area contributed by atoms with Crippen molar-refractivity contribution in [2.75, 3.05) is 17.7 Å². The fourth-order valence-corrected chi connectivity index (χ4v) is 4.49. The summed E-state index contributed by atoms with van der Waals surface area (Å²) in [5, 5.41) is 3.80. The maximum absolute atomic E-state index is 12.6. The molecule has 1 atom stereocenters. The zero-order valence-electron chi connectivity index (χ0n) is 15.4. The molecule has 0 spiro atoms. The van der Waals surface area contributed by atoms with Crippen molar-refractivity contribution < 1.29 is 17.9 Å². The fourth-order valence-electron chi connectivity index (χ4n) is 2.60. The molecule has 10 heteroatoms. The van der Waals surface area contributed by atoms with E-state index in [1.165, 1.54) is 32.2 Å². The summed E-state index contributed by atoms with van der Waals surface area (Å²) >= 11 is 18.1. The highest BCUT2D eigenvalue weighted by molar-refractivity contribution is 7.92. The first-order valence-corrected chi connectivity index (χ1v) is 11.1. The van der Waals surface area contributed by atoms with E-state index in [1.54, 1.807) is 18.2 Å². The summed E-state index contributed by atoms with van der Waals surface area (Å²) in [6, 6.07) is 8.37. The van der Waals surface area contributed by atoms with Crippen LogP contribution in [-0.2, 0) is 21.4 Å². The first-order valence-electron chi connectivity index (χ1n) is 8.09. The van der Waals surface area contributed by atoms with Crippen LogP contribution in [0.25, 0.3) is 0 Å². The fraction of sp³-hybridized carbons (Fsp3) is 0.278. The van der Waals surface area contributed by atoms with E-state index >= 15 is 0 Å². The van der Waals surface area contributed by atoms with Crippen LogP contribution in [0.2, 0.25) is 15.1 Å². The molecule has 0 unspecified atom stereocenters. The number of methoxy groups -OCH3 is 1. The Kier molecular flexibility index (Phi) is 7.45. The third-order valence-electron chi connectivity index (χ3n) is 3.95. The highest BCUT2D eigenvalue weighted by Crippen LogP contribution is 2.31. The Labute approximate surface area is 179 Å². The maximum atomic E-state index is 12.6. The summed E-state index contributed by atoms with van der Waals surface area (Å²) in [5.74, 6) is -0.100. The van der Waals surface area contributed by atoms with Gasteiger partial charge in [0.15, 0.2) is 0 Å². The Bertz CT molecular complexity index is 983. The lowest BCUT2D eigenvalue weighted by Crippen LogP contribution is -2.47. The highest BCUT2D eigenvalue weighted by Gasteiger charge is 2.29. The van der Waals surface area contributed by atoms with Gasteiger partial charge in [0.2, 0.25) is 15.9 Å². The molecule has 2 aromatic rings. The van der Waals surface area contributed by atoms with Crippen molar-refractivity contribution in [2.45, 2.75) is 19.5 Å². The number of carbonyl (C=O) groups excluding carboxylic acids is 1. The molecule has 0 aromatic heterocycles. The number of nitrogens with one attached hydrogen (secondary N) is 1. The predicted molar refractivity (Wildman–Crippen MR) is 113 cm³/mol. The van der Waals surface area contributed by atoms with Gasteiger partial charge < -0.3 is 10.1 Å². The van der Waals surface area contributed by atoms with E-state index in [9.17, 15) is 13.2 Å². The molecule has 0 saturated carbocycles. The van der Waals surface area contributed by atoms with Gasteiger partial charge in [0.05, 0.1) is 24.1 Å². The van der Waals surface area contributed by atoms with Gasteiger partial charge in [-0.25, -0.2) is 8.42 Å². The van der Waals surface area contributed by atoms with Gasteiger partial charge in [0.25, 0.3) is 0 Å². The number of amides is 1. The van der Waals surface area contributed by atoms with Crippen LogP contribution in [-0.4, -0.2) is 33.7 Å². The van der Waals surface area contributed by atoms with E-state index < -0.39 is 22.0 Å². The summed E-state index contributed by atoms with van der Waals surface area (Å²) in [5.41, 5.74) is 0.908. The van der Waals surface area contributed by atoms with Gasteiger partial charge in [-0.1, -0.05) is 40.9 Å². The van der Waals surface area contributed by atoms with Crippen LogP contribution in [0, 0.1) is 0 Å². The van der Waals surface area contributed by atoms with Crippen molar-refractivity contribution in [3.05, 3.63) is 57.0 Å². The van der Waals surface area contributed by atoms with Gasteiger partial charge in [-0.2, -0.15) is 0 Å². The minimum atomic E-state index is -3.77. The molecule has 0 radical (unpaired) electrons. The van der Waals surface area contributed by atoms with Gasteiger partial charge in [0.1, 0.15) is 11.8 Å². The molecule has 0 fully saturated rings. The average molecular weight is 466 g/mol. The smallest absolute Gasteiger partial charge is 0.243 e. The SMILES string of the molecule is COc1ccc(N([C@H](C)C(=O)NCc2ccc(Cl)cc2Cl)S(C)(=O)=O)cc1Cl. The summed E-state index contributed by atoms with van der Waals surface area (Å²) < 4.78 is 30.8. The summed E-state index contributed by atoms with van der Waals surface area (Å²) in [7, 11) is -2.31. The third kappa shape index (κ3) is 5.44. The number of hydrogen-bond acceptors (Lipinski definition) is 4. The lowest BCUT2D eigenvalue weighted by atomic mass is 10.2. The molecule has 6 nitrogen and oxygen atoms in total. The first kappa shape index (κ1) is 22.6. The molecule has 0 saturated heterocycles. The van der Waals surface area contributed by atoms with Gasteiger partial charge in [0, 0.05) is 16.6 Å². The monoisotopic (exact) mass is 464 g/mol. The van der Waals surface area contributed by atoms with Crippen LogP contribution < -0.4 is 14.4 Å². The largest absolute Gasteiger partial charge is 0.495 e. The van der Waals surface area contributed by atoms with E-state index in [2.05, 4.69) is 5.32 Å². The van der Waals surface area contributed by atoms with Crippen LogP contribution in [0.15, 0.2) is 36.4 Å². The lowest BCUT2D eigenvalue weighted by molar-refractivity contribution is -0.122. The van der Waals surface area contributed by atoms with E-state index in [0.29, 0.717) is 21.4 Å². The molecule has 28 heavy (non-hydrogen) atoms. The zero-order valence-corrected chi connectivity index (χ0v) is 18.5. The Morgan fingerprint density at radius 1 is 1.14 bits per heavy atom. The Morgan fingerprint density at radius 3 is 2.36 bits per heavy atom. The molecule has 1 amide bonds. The normalized spacial score (nSPS) is 12.4. The second-order valence-electron chi connectivity index (χ2n) is 6.01. The van der Waals surface area contributed by atoms with E-state index in [0.717, 1.165) is 10.6 Å². The average Bonchev–Trinajstić information content (AvgIpc) is 2.59. The minimum absolute atomic E-state index is 0.125. The Balaban J connectivity index is 2.24. The van der Waals surface area contributed by atoms with Crippen molar-refractivity contribution in [3.8, 4) is 5.75 Å². The topological polar surface area (TPSA) is 75.7 Å². The number of sulfonamides is 1. The van der Waals surface area contributed by atoms with E-state index in [1.807, 2.05) is 0 Å². The second kappa shape index (κ2) is 9.22. The van der Waals surface area contributed by atoms with Crippen LogP contribution >= 0.6 is 34.8 Å². The zero-order chi connectivity index (χ0) is 21.1. The number of rotatable bonds is 7. The number of halogens is 3. The van der Waals surface area contributed by atoms with E-state index in [-0.39, 0.29) is 17.3 Å². The molecular weight excluding hydrogens is 447 g/mol. The number of benzene rings is 2. The molecule has 0 aliphatic heterocycles. The van der Waals surface area contributed by atoms with Gasteiger partial charge >= 0.3 is 0 Å². The summed E-state index contributed by atoms with van der Waals surface area (Å²) in [6.07, 6.45) is 1.02. The van der Waals surface area contributed by atoms with E-state index in [4.69, 9.17) is 39.5 Å². The van der Waals surface area contributed by atoms with Gasteiger partial charge in [-0.15, -0.1) is 0 Å². The number of hydrogen-bond donors (Lipinski definition) is 1.